The maximum absolute atomic E-state index is 11.3. The molecule has 1 N–H and O–H groups in total. The van der Waals surface area contributed by atoms with Gasteiger partial charge in [0.05, 0.1) is 13.2 Å². The number of hydrogen-bond donors (Lipinski definition) is 1. The van der Waals surface area contributed by atoms with Gasteiger partial charge in [-0.1, -0.05) is 6.07 Å². The molecule has 0 radical (unpaired) electrons. The quantitative estimate of drug-likeness (QED) is 0.782. The van der Waals surface area contributed by atoms with Crippen molar-refractivity contribution < 1.29 is 19.1 Å². The zero-order valence-electron chi connectivity index (χ0n) is 12.3. The van der Waals surface area contributed by atoms with E-state index in [0.29, 0.717) is 18.6 Å². The summed E-state index contributed by atoms with van der Waals surface area (Å²) in [4.78, 5) is 21.5. The van der Waals surface area contributed by atoms with E-state index in [4.69, 9.17) is 9.47 Å². The molecule has 1 aromatic rings. The molecule has 0 heterocycles. The third-order valence-corrected chi connectivity index (χ3v) is 3.68. The van der Waals surface area contributed by atoms with Crippen LogP contribution in [-0.4, -0.2) is 25.5 Å². The lowest BCUT2D eigenvalue weighted by Crippen LogP contribution is -2.21. The van der Waals surface area contributed by atoms with Crippen LogP contribution in [0.4, 0.5) is 0 Å². The summed E-state index contributed by atoms with van der Waals surface area (Å²) >= 11 is 0. The van der Waals surface area contributed by atoms with Crippen molar-refractivity contribution in [1.29, 1.82) is 0 Å². The highest BCUT2D eigenvalue weighted by Gasteiger charge is 2.18. The summed E-state index contributed by atoms with van der Waals surface area (Å²) in [5, 5.41) is 2.14. The first-order valence-electron chi connectivity index (χ1n) is 7.29. The van der Waals surface area contributed by atoms with Crippen LogP contribution in [0.2, 0.25) is 0 Å². The Morgan fingerprint density at radius 1 is 1.33 bits per heavy atom. The first-order chi connectivity index (χ1) is 10.2. The van der Waals surface area contributed by atoms with Gasteiger partial charge in [0, 0.05) is 6.42 Å². The number of methoxy groups -OCH3 is 1. The van der Waals surface area contributed by atoms with Gasteiger partial charge in [-0.25, -0.2) is 0 Å². The number of benzene rings is 1. The molecule has 0 saturated heterocycles. The van der Waals surface area contributed by atoms with Crippen LogP contribution in [-0.2, 0) is 16.0 Å². The molecule has 0 bridgehead atoms. The highest BCUT2D eigenvalue weighted by Crippen LogP contribution is 2.32. The highest BCUT2D eigenvalue weighted by molar-refractivity contribution is 5.85. The maximum atomic E-state index is 11.3. The third kappa shape index (κ3) is 4.48. The van der Waals surface area contributed by atoms with E-state index >= 15 is 0 Å². The molecule has 1 aliphatic carbocycles. The summed E-state index contributed by atoms with van der Waals surface area (Å²) in [6.45, 7) is 0. The molecule has 1 fully saturated rings. The second-order valence-electron chi connectivity index (χ2n) is 5.19. The smallest absolute Gasteiger partial charge is 0.226 e. The zero-order valence-corrected chi connectivity index (χ0v) is 12.3. The molecule has 0 aromatic heterocycles. The summed E-state index contributed by atoms with van der Waals surface area (Å²) in [7, 11) is 1.62. The van der Waals surface area contributed by atoms with Crippen molar-refractivity contribution in [3.63, 3.8) is 0 Å². The zero-order chi connectivity index (χ0) is 15.1. The fraction of sp³-hybridized carbons (Fsp3) is 0.500. The predicted molar refractivity (Wildman–Crippen MR) is 78.4 cm³/mol. The molecule has 1 aromatic carbocycles. The van der Waals surface area contributed by atoms with Gasteiger partial charge < -0.3 is 9.47 Å². The van der Waals surface area contributed by atoms with Gasteiger partial charge in [-0.3, -0.25) is 14.9 Å². The first-order valence-corrected chi connectivity index (χ1v) is 7.29. The Morgan fingerprint density at radius 3 is 2.76 bits per heavy atom. The maximum Gasteiger partial charge on any atom is 0.226 e. The van der Waals surface area contributed by atoms with Crippen LogP contribution in [0.1, 0.15) is 37.7 Å². The van der Waals surface area contributed by atoms with Gasteiger partial charge in [0.25, 0.3) is 0 Å². The number of imide groups is 1. The Kier molecular flexibility index (Phi) is 5.60. The molecule has 5 heteroatoms. The van der Waals surface area contributed by atoms with E-state index in [9.17, 15) is 9.59 Å². The molecule has 2 rings (SSSR count). The molecule has 114 valence electrons. The Morgan fingerprint density at radius 2 is 2.10 bits per heavy atom. The van der Waals surface area contributed by atoms with Crippen molar-refractivity contribution in [2.24, 2.45) is 0 Å². The van der Waals surface area contributed by atoms with Gasteiger partial charge >= 0.3 is 0 Å². The summed E-state index contributed by atoms with van der Waals surface area (Å²) in [6.07, 6.45) is 6.07. The molecule has 1 saturated carbocycles. The molecule has 0 aliphatic heterocycles. The van der Waals surface area contributed by atoms with Gasteiger partial charge in [-0.2, -0.15) is 0 Å². The predicted octanol–water partition coefficient (Wildman–Crippen LogP) is 2.22. The highest BCUT2D eigenvalue weighted by atomic mass is 16.5. The van der Waals surface area contributed by atoms with Gasteiger partial charge in [0.1, 0.15) is 0 Å². The lowest BCUT2D eigenvalue weighted by Gasteiger charge is -2.16. The van der Waals surface area contributed by atoms with Crippen LogP contribution in [0.3, 0.4) is 0 Å². The van der Waals surface area contributed by atoms with Crippen LogP contribution < -0.4 is 14.8 Å². The Hall–Kier alpha value is -2.04. The second kappa shape index (κ2) is 7.67. The molecule has 0 unspecified atom stereocenters. The lowest BCUT2D eigenvalue weighted by molar-refractivity contribution is -0.125. The number of rotatable bonds is 7. The minimum Gasteiger partial charge on any atom is -0.493 e. The Labute approximate surface area is 124 Å². The molecule has 21 heavy (non-hydrogen) atoms. The second-order valence-corrected chi connectivity index (χ2v) is 5.19. The number of carbonyl (C=O) groups is 2. The Bertz CT molecular complexity index is 495. The van der Waals surface area contributed by atoms with E-state index in [0.717, 1.165) is 24.2 Å². The standard InChI is InChI=1S/C16H21NO4/c1-20-14-8-6-12(7-9-16(19)17-11-18)10-15(14)21-13-4-2-3-5-13/h6,8,10-11,13H,2-5,7,9H2,1H3,(H,17,18,19). The van der Waals surface area contributed by atoms with E-state index < -0.39 is 0 Å². The molecule has 2 amide bonds. The number of ether oxygens (including phenoxy) is 2. The molecule has 0 spiro atoms. The topological polar surface area (TPSA) is 64.6 Å². The van der Waals surface area contributed by atoms with Gasteiger partial charge in [0.15, 0.2) is 11.5 Å². The average molecular weight is 291 g/mol. The fourth-order valence-electron chi connectivity index (χ4n) is 2.55. The largest absolute Gasteiger partial charge is 0.493 e. The van der Waals surface area contributed by atoms with Crippen molar-refractivity contribution in [2.75, 3.05) is 7.11 Å². The first kappa shape index (κ1) is 15.4. The van der Waals surface area contributed by atoms with Gasteiger partial charge in [-0.05, 0) is 49.8 Å². The summed E-state index contributed by atoms with van der Waals surface area (Å²) in [5.74, 6) is 1.17. The SMILES string of the molecule is COc1ccc(CCC(=O)NC=O)cc1OC1CCCC1. The number of amides is 2. The summed E-state index contributed by atoms with van der Waals surface area (Å²) in [6, 6.07) is 5.69. The van der Waals surface area contributed by atoms with E-state index in [1.165, 1.54) is 12.8 Å². The van der Waals surface area contributed by atoms with Crippen molar-refractivity contribution in [3.05, 3.63) is 23.8 Å². The van der Waals surface area contributed by atoms with Crippen LogP contribution in [0.15, 0.2) is 18.2 Å². The van der Waals surface area contributed by atoms with Crippen LogP contribution in [0.5, 0.6) is 11.5 Å². The van der Waals surface area contributed by atoms with Crippen LogP contribution in [0, 0.1) is 0 Å². The van der Waals surface area contributed by atoms with Crippen molar-refractivity contribution in [3.8, 4) is 11.5 Å². The van der Waals surface area contributed by atoms with Crippen LogP contribution >= 0.6 is 0 Å². The summed E-state index contributed by atoms with van der Waals surface area (Å²) < 4.78 is 11.3. The van der Waals surface area contributed by atoms with E-state index in [1.54, 1.807) is 7.11 Å². The van der Waals surface area contributed by atoms with E-state index in [2.05, 4.69) is 5.32 Å². The van der Waals surface area contributed by atoms with Crippen LogP contribution in [0.25, 0.3) is 0 Å². The third-order valence-electron chi connectivity index (χ3n) is 3.68. The number of hydrogen-bond acceptors (Lipinski definition) is 4. The van der Waals surface area contributed by atoms with Crippen molar-refractivity contribution in [2.45, 2.75) is 44.6 Å². The Balaban J connectivity index is 2.01. The minimum atomic E-state index is -0.279. The van der Waals surface area contributed by atoms with Crippen molar-refractivity contribution >= 4 is 12.3 Å². The summed E-state index contributed by atoms with van der Waals surface area (Å²) in [5.41, 5.74) is 0.991. The number of nitrogens with one attached hydrogen (secondary N) is 1. The minimum absolute atomic E-state index is 0.257. The number of carbonyl (C=O) groups excluding carboxylic acids is 2. The molecule has 0 atom stereocenters. The molecular weight excluding hydrogens is 270 g/mol. The molecular formula is C16H21NO4. The molecule has 1 aliphatic rings. The van der Waals surface area contributed by atoms with Gasteiger partial charge in [-0.15, -0.1) is 0 Å². The number of aryl methyl sites for hydroxylation is 1. The fourth-order valence-corrected chi connectivity index (χ4v) is 2.55. The van der Waals surface area contributed by atoms with Crippen molar-refractivity contribution in [1.82, 2.24) is 5.32 Å². The lowest BCUT2D eigenvalue weighted by atomic mass is 10.1. The van der Waals surface area contributed by atoms with E-state index in [-0.39, 0.29) is 18.4 Å². The monoisotopic (exact) mass is 291 g/mol. The van der Waals surface area contributed by atoms with Gasteiger partial charge in [0.2, 0.25) is 12.3 Å². The van der Waals surface area contributed by atoms with E-state index in [1.807, 2.05) is 18.2 Å². The average Bonchev–Trinajstić information content (AvgIpc) is 2.99. The normalized spacial score (nSPS) is 14.7. The molecule has 5 nitrogen and oxygen atoms in total.